The Kier molecular flexibility index (Phi) is 9.34. The fraction of sp³-hybridized carbons (Fsp3) is 0.529. The molecule has 25 heavy (non-hydrogen) atoms. The summed E-state index contributed by atoms with van der Waals surface area (Å²) in [7, 11) is 0. The first kappa shape index (κ1) is 20.7. The van der Waals surface area contributed by atoms with Crippen molar-refractivity contribution >= 4 is 12.2 Å². The molecule has 0 fully saturated rings. The van der Waals surface area contributed by atoms with Gasteiger partial charge in [-0.2, -0.15) is 4.98 Å². The number of nitrogens with zero attached hydrogens (tertiary/aromatic N) is 4. The number of carbonyl (C=O) groups is 1. The van der Waals surface area contributed by atoms with Crippen molar-refractivity contribution in [1.82, 2.24) is 19.5 Å². The maximum Gasteiger partial charge on any atom is 0.225 e. The molecule has 0 saturated carbocycles. The zero-order valence-corrected chi connectivity index (χ0v) is 15.5. The highest BCUT2D eigenvalue weighted by Crippen LogP contribution is 2.09. The van der Waals surface area contributed by atoms with Crippen LogP contribution in [-0.2, 0) is 9.47 Å². The van der Waals surface area contributed by atoms with Gasteiger partial charge in [-0.3, -0.25) is 9.36 Å². The fourth-order valence-corrected chi connectivity index (χ4v) is 1.88. The molecular formula is C17H27N5O3. The first-order chi connectivity index (χ1) is 12.0. The number of aldehydes is 1. The van der Waals surface area contributed by atoms with Gasteiger partial charge in [0.05, 0.1) is 0 Å². The van der Waals surface area contributed by atoms with Crippen LogP contribution in [0.4, 0.5) is 5.95 Å². The maximum atomic E-state index is 10.8. The highest BCUT2D eigenvalue weighted by molar-refractivity contribution is 5.73. The molecule has 0 aliphatic heterocycles. The van der Waals surface area contributed by atoms with Gasteiger partial charge in [-0.1, -0.05) is 0 Å². The van der Waals surface area contributed by atoms with Crippen LogP contribution in [0.5, 0.6) is 0 Å². The van der Waals surface area contributed by atoms with Gasteiger partial charge in [-0.05, 0) is 34.6 Å². The Balaban J connectivity index is 0.000000333. The van der Waals surface area contributed by atoms with Crippen LogP contribution < -0.4 is 5.32 Å². The summed E-state index contributed by atoms with van der Waals surface area (Å²) >= 11 is 0. The normalized spacial score (nSPS) is 10.5. The van der Waals surface area contributed by atoms with E-state index in [1.807, 2.05) is 34.6 Å². The van der Waals surface area contributed by atoms with E-state index in [0.29, 0.717) is 23.7 Å². The number of rotatable bonds is 8. The summed E-state index contributed by atoms with van der Waals surface area (Å²) in [6, 6.07) is 1.81. The molecule has 0 atom stereocenters. The number of hydrogen-bond donors (Lipinski definition) is 1. The molecule has 8 nitrogen and oxygen atoms in total. The third-order valence-electron chi connectivity index (χ3n) is 2.84. The summed E-state index contributed by atoms with van der Waals surface area (Å²) in [5.74, 6) is 1.05. The summed E-state index contributed by atoms with van der Waals surface area (Å²) < 4.78 is 11.8. The van der Waals surface area contributed by atoms with E-state index in [1.54, 1.807) is 29.4 Å². The number of imidazole rings is 1. The Bertz CT molecular complexity index is 611. The van der Waals surface area contributed by atoms with Gasteiger partial charge in [0.2, 0.25) is 5.95 Å². The van der Waals surface area contributed by atoms with Crippen LogP contribution >= 0.6 is 0 Å². The van der Waals surface area contributed by atoms with Crippen LogP contribution in [0.15, 0.2) is 24.8 Å². The Morgan fingerprint density at radius 2 is 1.88 bits per heavy atom. The second-order valence-electron chi connectivity index (χ2n) is 5.34. The molecule has 0 bridgehead atoms. The zero-order valence-electron chi connectivity index (χ0n) is 15.5. The number of aromatic nitrogens is 4. The SMILES string of the molecule is CC(C)Nc1nc(C=O)cc(-n2ccnc2)n1.CCOC(C)OCC. The lowest BCUT2D eigenvalue weighted by Gasteiger charge is -2.10. The van der Waals surface area contributed by atoms with E-state index in [1.165, 1.54) is 0 Å². The summed E-state index contributed by atoms with van der Waals surface area (Å²) in [5.41, 5.74) is 0.340. The van der Waals surface area contributed by atoms with Crippen LogP contribution in [0.25, 0.3) is 5.82 Å². The molecule has 2 heterocycles. The predicted molar refractivity (Wildman–Crippen MR) is 96.0 cm³/mol. The highest BCUT2D eigenvalue weighted by atomic mass is 16.7. The lowest BCUT2D eigenvalue weighted by molar-refractivity contribution is -0.123. The molecule has 0 aromatic carbocycles. The minimum absolute atomic E-state index is 0.0370. The van der Waals surface area contributed by atoms with Crippen LogP contribution in [0.2, 0.25) is 0 Å². The smallest absolute Gasteiger partial charge is 0.225 e. The first-order valence-corrected chi connectivity index (χ1v) is 8.32. The van der Waals surface area contributed by atoms with Crippen molar-refractivity contribution in [2.75, 3.05) is 18.5 Å². The molecule has 0 aliphatic carbocycles. The molecule has 0 saturated heterocycles. The molecule has 8 heteroatoms. The molecule has 1 N–H and O–H groups in total. The van der Waals surface area contributed by atoms with Crippen molar-refractivity contribution in [2.45, 2.75) is 47.0 Å². The molecule has 2 rings (SSSR count). The van der Waals surface area contributed by atoms with E-state index in [2.05, 4.69) is 20.3 Å². The second-order valence-corrected chi connectivity index (χ2v) is 5.34. The fourth-order valence-electron chi connectivity index (χ4n) is 1.88. The van der Waals surface area contributed by atoms with Crippen molar-refractivity contribution in [3.05, 3.63) is 30.5 Å². The van der Waals surface area contributed by atoms with Gasteiger partial charge in [0, 0.05) is 37.7 Å². The van der Waals surface area contributed by atoms with Crippen molar-refractivity contribution < 1.29 is 14.3 Å². The topological polar surface area (TPSA) is 91.2 Å². The van der Waals surface area contributed by atoms with E-state index in [-0.39, 0.29) is 12.3 Å². The molecule has 0 radical (unpaired) electrons. The molecule has 0 aliphatic rings. The van der Waals surface area contributed by atoms with Crippen molar-refractivity contribution in [3.8, 4) is 5.82 Å². The molecule has 2 aromatic heterocycles. The minimum atomic E-state index is -0.0370. The average Bonchev–Trinajstić information content (AvgIpc) is 3.09. The number of anilines is 1. The Morgan fingerprint density at radius 3 is 2.36 bits per heavy atom. The molecule has 2 aromatic rings. The summed E-state index contributed by atoms with van der Waals surface area (Å²) in [5, 5.41) is 3.07. The van der Waals surface area contributed by atoms with E-state index in [9.17, 15) is 4.79 Å². The van der Waals surface area contributed by atoms with E-state index >= 15 is 0 Å². The molecule has 0 unspecified atom stereocenters. The van der Waals surface area contributed by atoms with Gasteiger partial charge in [0.25, 0.3) is 0 Å². The van der Waals surface area contributed by atoms with Gasteiger partial charge >= 0.3 is 0 Å². The van der Waals surface area contributed by atoms with Gasteiger partial charge < -0.3 is 14.8 Å². The molecule has 0 spiro atoms. The average molecular weight is 349 g/mol. The number of carbonyl (C=O) groups excluding carboxylic acids is 1. The second kappa shape index (κ2) is 11.3. The van der Waals surface area contributed by atoms with Gasteiger partial charge in [0.1, 0.15) is 17.8 Å². The minimum Gasteiger partial charge on any atom is -0.353 e. The van der Waals surface area contributed by atoms with Gasteiger partial charge in [-0.15, -0.1) is 0 Å². The van der Waals surface area contributed by atoms with Crippen molar-refractivity contribution in [1.29, 1.82) is 0 Å². The monoisotopic (exact) mass is 349 g/mol. The summed E-state index contributed by atoms with van der Waals surface area (Å²) in [6.07, 6.45) is 5.70. The number of ether oxygens (including phenoxy) is 2. The summed E-state index contributed by atoms with van der Waals surface area (Å²) in [6.45, 7) is 11.2. The van der Waals surface area contributed by atoms with Crippen LogP contribution in [0.1, 0.15) is 45.1 Å². The predicted octanol–water partition coefficient (Wildman–Crippen LogP) is 2.70. The van der Waals surface area contributed by atoms with Crippen molar-refractivity contribution in [3.63, 3.8) is 0 Å². The molecular weight excluding hydrogens is 322 g/mol. The van der Waals surface area contributed by atoms with Gasteiger partial charge in [0.15, 0.2) is 12.6 Å². The maximum absolute atomic E-state index is 10.8. The van der Waals surface area contributed by atoms with Crippen LogP contribution in [-0.4, -0.2) is 51.4 Å². The standard InChI is InChI=1S/C11H13N5O.C6H14O2/c1-8(2)13-11-14-9(6-17)5-10(15-11)16-4-3-12-7-16;1-4-7-6(3)8-5-2/h3-8H,1-2H3,(H,13,14,15);6H,4-5H2,1-3H3. The van der Waals surface area contributed by atoms with Crippen LogP contribution in [0.3, 0.4) is 0 Å². The molecule has 0 amide bonds. The lowest BCUT2D eigenvalue weighted by atomic mass is 10.4. The van der Waals surface area contributed by atoms with Crippen LogP contribution in [0, 0.1) is 0 Å². The molecule has 138 valence electrons. The number of hydrogen-bond acceptors (Lipinski definition) is 7. The third kappa shape index (κ3) is 7.86. The lowest BCUT2D eigenvalue weighted by Crippen LogP contribution is -2.14. The zero-order chi connectivity index (χ0) is 18.7. The number of nitrogens with one attached hydrogen (secondary N) is 1. The Labute approximate surface area is 148 Å². The van der Waals surface area contributed by atoms with Crippen molar-refractivity contribution in [2.24, 2.45) is 0 Å². The van der Waals surface area contributed by atoms with E-state index < -0.39 is 0 Å². The summed E-state index contributed by atoms with van der Waals surface area (Å²) in [4.78, 5) is 23.1. The Morgan fingerprint density at radius 1 is 1.20 bits per heavy atom. The van der Waals surface area contributed by atoms with E-state index in [4.69, 9.17) is 9.47 Å². The van der Waals surface area contributed by atoms with Gasteiger partial charge in [-0.25, -0.2) is 9.97 Å². The highest BCUT2D eigenvalue weighted by Gasteiger charge is 2.06. The Hall–Kier alpha value is -2.32. The third-order valence-corrected chi connectivity index (χ3v) is 2.84. The first-order valence-electron chi connectivity index (χ1n) is 8.32. The van der Waals surface area contributed by atoms with E-state index in [0.717, 1.165) is 13.2 Å². The largest absolute Gasteiger partial charge is 0.353 e. The quantitative estimate of drug-likeness (QED) is 0.578.